The number of Topliss-reactive ketones (excluding diaryl/α,β-unsaturated/α-hetero) is 1. The van der Waals surface area contributed by atoms with Crippen molar-refractivity contribution in [1.29, 1.82) is 0 Å². The molecule has 2 fully saturated rings. The van der Waals surface area contributed by atoms with E-state index in [1.165, 1.54) is 13.8 Å². The van der Waals surface area contributed by atoms with Crippen LogP contribution in [0, 0.1) is 0 Å². The summed E-state index contributed by atoms with van der Waals surface area (Å²) in [7, 11) is 0. The number of alkyl carbamates (subject to hydrolysis) is 2. The van der Waals surface area contributed by atoms with Crippen LogP contribution in [0.4, 0.5) is 30.0 Å². The van der Waals surface area contributed by atoms with Gasteiger partial charge < -0.3 is 20.1 Å². The second kappa shape index (κ2) is 19.8. The van der Waals surface area contributed by atoms with Crippen molar-refractivity contribution in [1.82, 2.24) is 14.9 Å². The predicted octanol–water partition coefficient (Wildman–Crippen LogP) is 8.08. The van der Waals surface area contributed by atoms with Crippen LogP contribution in [0.3, 0.4) is 0 Å². The van der Waals surface area contributed by atoms with E-state index in [1.54, 1.807) is 6.92 Å². The predicted molar refractivity (Wildman–Crippen MR) is 161 cm³/mol. The van der Waals surface area contributed by atoms with Crippen LogP contribution in [0.2, 0.25) is 0 Å². The van der Waals surface area contributed by atoms with Gasteiger partial charge in [-0.05, 0) is 11.1 Å². The highest BCUT2D eigenvalue weighted by Gasteiger charge is 2.46. The van der Waals surface area contributed by atoms with Crippen LogP contribution in [-0.2, 0) is 27.5 Å². The van der Waals surface area contributed by atoms with Crippen LogP contribution >= 0.6 is 11.4 Å². The molecule has 2 aliphatic carbocycles. The van der Waals surface area contributed by atoms with E-state index in [4.69, 9.17) is 10.8 Å². The second-order valence-electron chi connectivity index (χ2n) is 9.51. The lowest BCUT2D eigenvalue weighted by atomic mass is 9.88. The van der Waals surface area contributed by atoms with Crippen molar-refractivity contribution in [3.8, 4) is 0 Å². The third-order valence-electron chi connectivity index (χ3n) is 6.11. The SMILES string of the molecule is CCN(CC)S(F)(F)F.O=C(NC1CC(F)(F)C1)OCc1ccccc1.O=C1CC(NC(=O)OCc2ccccc2)C1.[2H]CC. The smallest absolute Gasteiger partial charge is 0.407 e. The van der Waals surface area contributed by atoms with E-state index in [-0.39, 0.29) is 51.0 Å². The first-order chi connectivity index (χ1) is 21.2. The van der Waals surface area contributed by atoms with E-state index in [0.717, 1.165) is 11.1 Å². The van der Waals surface area contributed by atoms with Gasteiger partial charge in [0.25, 0.3) is 17.3 Å². The van der Waals surface area contributed by atoms with Crippen molar-refractivity contribution in [3.63, 3.8) is 0 Å². The topological polar surface area (TPSA) is 97.0 Å². The average molecular weight is 653 g/mol. The molecule has 0 saturated heterocycles. The minimum Gasteiger partial charge on any atom is -0.445 e. The van der Waals surface area contributed by atoms with Gasteiger partial charge in [-0.2, -0.15) is 4.31 Å². The Labute approximate surface area is 259 Å². The molecule has 0 radical (unpaired) electrons. The molecule has 0 unspecified atom stereocenters. The number of hydrogen-bond acceptors (Lipinski definition) is 6. The highest BCUT2D eigenvalue weighted by molar-refractivity contribution is 8.18. The van der Waals surface area contributed by atoms with Crippen molar-refractivity contribution in [2.45, 2.75) is 84.6 Å². The lowest BCUT2D eigenvalue weighted by Crippen LogP contribution is -2.50. The fourth-order valence-electron chi connectivity index (χ4n) is 3.73. The van der Waals surface area contributed by atoms with Crippen LogP contribution in [0.25, 0.3) is 0 Å². The Morgan fingerprint density at radius 1 is 0.864 bits per heavy atom. The quantitative estimate of drug-likeness (QED) is 0.266. The molecule has 0 atom stereocenters. The Bertz CT molecular complexity index is 1130. The highest BCUT2D eigenvalue weighted by atomic mass is 32.3. The summed E-state index contributed by atoms with van der Waals surface area (Å²) in [6, 6.07) is 18.2. The maximum Gasteiger partial charge on any atom is 0.407 e. The number of ketones is 1. The van der Waals surface area contributed by atoms with Crippen molar-refractivity contribution in [2.75, 3.05) is 13.1 Å². The maximum absolute atomic E-state index is 12.5. The Hall–Kier alpha value is -3.39. The summed E-state index contributed by atoms with van der Waals surface area (Å²) in [5, 5.41) is 5.04. The molecule has 2 aromatic carbocycles. The summed E-state index contributed by atoms with van der Waals surface area (Å²) >= 11 is -4.93. The third kappa shape index (κ3) is 15.9. The van der Waals surface area contributed by atoms with E-state index in [1.807, 2.05) is 60.7 Å². The van der Waals surface area contributed by atoms with Crippen molar-refractivity contribution in [2.24, 2.45) is 0 Å². The first-order valence-corrected chi connectivity index (χ1v) is 15.3. The van der Waals surface area contributed by atoms with Crippen LogP contribution in [0.15, 0.2) is 60.7 Å². The van der Waals surface area contributed by atoms with Gasteiger partial charge in [-0.15, -0.1) is 11.7 Å². The summed E-state index contributed by atoms with van der Waals surface area (Å²) < 4.78 is 76.8. The van der Waals surface area contributed by atoms with E-state index in [9.17, 15) is 34.8 Å². The van der Waals surface area contributed by atoms with Gasteiger partial charge in [-0.25, -0.2) is 18.4 Å². The van der Waals surface area contributed by atoms with Gasteiger partial charge in [-0.1, -0.05) is 88.3 Å². The molecule has 2 amide bonds. The fourth-order valence-corrected chi connectivity index (χ4v) is 4.32. The number of amides is 2. The molecule has 0 bridgehead atoms. The first kappa shape index (κ1) is 36.8. The van der Waals surface area contributed by atoms with Gasteiger partial charge >= 0.3 is 12.2 Å². The standard InChI is InChI=1S/C12H13F2NO2.C12H13NO3.C4H10F3NS.C2H6/c13-12(14)6-10(7-12)15-11(16)17-8-9-4-2-1-3-5-9;14-11-6-10(7-11)13-12(15)16-8-9-4-2-1-3-5-9;1-3-8(4-2)9(5,6)7;1-2/h1-5,10H,6-8H2,(H,15,16);1-5,10H,6-8H2,(H,13,15);3-4H2,1-2H3;1-2H3/i;;;1D. The van der Waals surface area contributed by atoms with Gasteiger partial charge in [0.2, 0.25) is 0 Å². The van der Waals surface area contributed by atoms with Crippen LogP contribution < -0.4 is 10.6 Å². The molecule has 2 aromatic rings. The van der Waals surface area contributed by atoms with Crippen LogP contribution in [-0.4, -0.2) is 53.4 Å². The molecule has 248 valence electrons. The van der Waals surface area contributed by atoms with Crippen LogP contribution in [0.1, 0.15) is 65.9 Å². The highest BCUT2D eigenvalue weighted by Crippen LogP contribution is 2.56. The minimum absolute atomic E-state index is 0.0317. The molecular weight excluding hydrogens is 609 g/mol. The number of carbonyl (C=O) groups excluding carboxylic acids is 3. The molecule has 0 aromatic heterocycles. The van der Waals surface area contributed by atoms with E-state index in [0.29, 0.717) is 24.0 Å². The largest absolute Gasteiger partial charge is 0.445 e. The summed E-state index contributed by atoms with van der Waals surface area (Å²) in [4.78, 5) is 33.2. The molecule has 8 nitrogen and oxygen atoms in total. The van der Waals surface area contributed by atoms with Gasteiger partial charge in [0.15, 0.2) is 0 Å². The summed E-state index contributed by atoms with van der Waals surface area (Å²) in [5.74, 6) is -2.44. The Morgan fingerprint density at radius 3 is 1.55 bits per heavy atom. The van der Waals surface area contributed by atoms with Gasteiger partial charge in [0, 0.05) is 52.2 Å². The van der Waals surface area contributed by atoms with Crippen LogP contribution in [0.5, 0.6) is 0 Å². The molecule has 0 spiro atoms. The first-order valence-electron chi connectivity index (χ1n) is 14.7. The van der Waals surface area contributed by atoms with Gasteiger partial charge in [0.05, 0.1) is 0 Å². The summed E-state index contributed by atoms with van der Waals surface area (Å²) in [6.45, 7) is 5.84. The summed E-state index contributed by atoms with van der Waals surface area (Å²) in [5.41, 5.74) is 1.81. The molecule has 0 aliphatic heterocycles. The van der Waals surface area contributed by atoms with Crippen molar-refractivity contribution >= 4 is 29.3 Å². The molecule has 0 heterocycles. The van der Waals surface area contributed by atoms with Gasteiger partial charge in [0.1, 0.15) is 19.0 Å². The Balaban J connectivity index is 0.000000337. The number of rotatable bonds is 9. The monoisotopic (exact) mass is 652 g/mol. The Kier molecular flexibility index (Phi) is 16.6. The molecular formula is C30H42F5N3O5S. The van der Waals surface area contributed by atoms with Gasteiger partial charge in [-0.3, -0.25) is 4.79 Å². The number of nitrogens with one attached hydrogen (secondary N) is 2. The number of hydrogen-bond donors (Lipinski definition) is 2. The minimum atomic E-state index is -4.93. The Morgan fingerprint density at radius 2 is 1.25 bits per heavy atom. The third-order valence-corrected chi connectivity index (χ3v) is 7.21. The molecule has 2 saturated carbocycles. The molecule has 44 heavy (non-hydrogen) atoms. The number of ether oxygens (including phenoxy) is 2. The number of nitrogens with zero attached hydrogens (tertiary/aromatic N) is 1. The molecule has 14 heteroatoms. The maximum atomic E-state index is 12.5. The molecule has 2 aliphatic rings. The zero-order valence-electron chi connectivity index (χ0n) is 26.1. The fraction of sp³-hybridized carbons (Fsp3) is 0.500. The number of benzene rings is 2. The molecule has 2 N–H and O–H groups in total. The van der Waals surface area contributed by atoms with Crippen molar-refractivity contribution < 1.29 is 45.7 Å². The van der Waals surface area contributed by atoms with E-state index < -0.39 is 35.5 Å². The number of carbonyl (C=O) groups is 3. The number of halogens is 5. The molecule has 4 rings (SSSR count). The lowest BCUT2D eigenvalue weighted by molar-refractivity contribution is -0.125. The normalized spacial score (nSPS) is 16.0. The second-order valence-corrected chi connectivity index (χ2v) is 10.8. The average Bonchev–Trinajstić information content (AvgIpc) is 2.95. The van der Waals surface area contributed by atoms with E-state index >= 15 is 0 Å². The zero-order valence-corrected chi connectivity index (χ0v) is 25.9. The lowest BCUT2D eigenvalue weighted by Gasteiger charge is -2.34. The summed E-state index contributed by atoms with van der Waals surface area (Å²) in [6.07, 6.45) is -0.836. The number of alkyl halides is 2. The van der Waals surface area contributed by atoms with E-state index in [2.05, 4.69) is 10.6 Å². The zero-order chi connectivity index (χ0) is 33.9. The van der Waals surface area contributed by atoms with Crippen molar-refractivity contribution in [3.05, 3.63) is 71.8 Å².